The van der Waals surface area contributed by atoms with Gasteiger partial charge in [-0.25, -0.2) is 0 Å². The van der Waals surface area contributed by atoms with E-state index in [1.165, 1.54) is 14.2 Å². The fourth-order valence-electron chi connectivity index (χ4n) is 4.70. The standard InChI is InChI=1S/C28H26N4O4/c1-16(27(33)18-7-10-24(35-3)25(12-18)36-4)14-32-15-21-20(8-9-22(29)26(21)28(32)34)17-5-6-19-13-30-31(2)23(19)11-17/h5-13H,1,14-15,29H2,2-4H3. The highest BCUT2D eigenvalue weighted by molar-refractivity contribution is 6.10. The molecule has 0 atom stereocenters. The average molecular weight is 483 g/mol. The fraction of sp³-hybridized carbons (Fsp3) is 0.179. The van der Waals surface area contributed by atoms with E-state index in [1.807, 2.05) is 36.1 Å². The van der Waals surface area contributed by atoms with Gasteiger partial charge in [0.25, 0.3) is 5.91 Å². The lowest BCUT2D eigenvalue weighted by Crippen LogP contribution is -2.28. The van der Waals surface area contributed by atoms with Crippen molar-refractivity contribution >= 4 is 28.3 Å². The third kappa shape index (κ3) is 3.76. The lowest BCUT2D eigenvalue weighted by Gasteiger charge is -2.17. The first-order valence-corrected chi connectivity index (χ1v) is 11.4. The van der Waals surface area contributed by atoms with E-state index in [1.54, 1.807) is 29.2 Å². The fourth-order valence-corrected chi connectivity index (χ4v) is 4.70. The van der Waals surface area contributed by atoms with Crippen molar-refractivity contribution in [3.63, 3.8) is 0 Å². The van der Waals surface area contributed by atoms with Crippen LogP contribution in [0.15, 0.2) is 66.9 Å². The van der Waals surface area contributed by atoms with Gasteiger partial charge in [-0.1, -0.05) is 24.8 Å². The Hall–Kier alpha value is -4.59. The van der Waals surface area contributed by atoms with Crippen molar-refractivity contribution in [3.05, 3.63) is 83.6 Å². The van der Waals surface area contributed by atoms with Crippen LogP contribution in [0.2, 0.25) is 0 Å². The number of fused-ring (bicyclic) bond motifs is 2. The van der Waals surface area contributed by atoms with Crippen molar-refractivity contribution in [1.29, 1.82) is 0 Å². The van der Waals surface area contributed by atoms with E-state index in [-0.39, 0.29) is 18.2 Å². The molecule has 8 nitrogen and oxygen atoms in total. The number of nitrogens with two attached hydrogens (primary N) is 1. The highest BCUT2D eigenvalue weighted by atomic mass is 16.5. The van der Waals surface area contributed by atoms with Gasteiger partial charge in [-0.2, -0.15) is 5.10 Å². The lowest BCUT2D eigenvalue weighted by molar-refractivity contribution is 0.0789. The van der Waals surface area contributed by atoms with Crippen molar-refractivity contribution in [1.82, 2.24) is 14.7 Å². The molecule has 1 aliphatic rings. The molecule has 2 N–H and O–H groups in total. The Labute approximate surface area is 208 Å². The van der Waals surface area contributed by atoms with E-state index in [0.717, 1.165) is 27.6 Å². The zero-order valence-electron chi connectivity index (χ0n) is 20.4. The molecule has 0 bridgehead atoms. The molecule has 0 radical (unpaired) electrons. The van der Waals surface area contributed by atoms with E-state index in [9.17, 15) is 9.59 Å². The van der Waals surface area contributed by atoms with Crippen LogP contribution in [0.4, 0.5) is 5.69 Å². The van der Waals surface area contributed by atoms with Crippen molar-refractivity contribution < 1.29 is 19.1 Å². The number of carbonyl (C=O) groups excluding carboxylic acids is 2. The molecule has 0 saturated heterocycles. The minimum Gasteiger partial charge on any atom is -0.493 e. The zero-order chi connectivity index (χ0) is 25.6. The summed E-state index contributed by atoms with van der Waals surface area (Å²) in [5.41, 5.74) is 11.6. The second-order valence-electron chi connectivity index (χ2n) is 8.76. The summed E-state index contributed by atoms with van der Waals surface area (Å²) in [6.07, 6.45) is 1.82. The van der Waals surface area contributed by atoms with Gasteiger partial charge in [0.15, 0.2) is 17.3 Å². The van der Waals surface area contributed by atoms with Gasteiger partial charge < -0.3 is 20.1 Å². The van der Waals surface area contributed by atoms with Crippen LogP contribution in [0.3, 0.4) is 0 Å². The minimum absolute atomic E-state index is 0.0837. The summed E-state index contributed by atoms with van der Waals surface area (Å²) in [6, 6.07) is 14.7. The van der Waals surface area contributed by atoms with Gasteiger partial charge >= 0.3 is 0 Å². The Morgan fingerprint density at radius 3 is 2.61 bits per heavy atom. The number of rotatable bonds is 7. The summed E-state index contributed by atoms with van der Waals surface area (Å²) < 4.78 is 12.4. The highest BCUT2D eigenvalue weighted by Gasteiger charge is 2.33. The van der Waals surface area contributed by atoms with Crippen LogP contribution in [0.1, 0.15) is 26.3 Å². The third-order valence-electron chi connectivity index (χ3n) is 6.60. The first-order valence-electron chi connectivity index (χ1n) is 11.4. The summed E-state index contributed by atoms with van der Waals surface area (Å²) in [5, 5.41) is 5.35. The van der Waals surface area contributed by atoms with E-state index in [2.05, 4.69) is 17.7 Å². The number of hydrogen-bond donors (Lipinski definition) is 1. The number of ether oxygens (including phenoxy) is 2. The van der Waals surface area contributed by atoms with Gasteiger partial charge in [0.1, 0.15) is 0 Å². The van der Waals surface area contributed by atoms with Gasteiger partial charge in [0.2, 0.25) is 0 Å². The molecule has 0 fully saturated rings. The number of benzene rings is 3. The van der Waals surface area contributed by atoms with E-state index >= 15 is 0 Å². The lowest BCUT2D eigenvalue weighted by atomic mass is 9.95. The number of nitrogens with zero attached hydrogens (tertiary/aromatic N) is 3. The molecule has 0 spiro atoms. The average Bonchev–Trinajstić information content (AvgIpc) is 3.42. The van der Waals surface area contributed by atoms with Gasteiger partial charge in [0.05, 0.1) is 31.5 Å². The first kappa shape index (κ1) is 23.2. The Balaban J connectivity index is 1.42. The maximum absolute atomic E-state index is 13.3. The smallest absolute Gasteiger partial charge is 0.256 e. The topological polar surface area (TPSA) is 99.7 Å². The first-order chi connectivity index (χ1) is 17.3. The third-order valence-corrected chi connectivity index (χ3v) is 6.60. The van der Waals surface area contributed by atoms with Crippen molar-refractivity contribution in [3.8, 4) is 22.6 Å². The van der Waals surface area contributed by atoms with Crippen LogP contribution in [0.5, 0.6) is 11.5 Å². The highest BCUT2D eigenvalue weighted by Crippen LogP contribution is 2.37. The van der Waals surface area contributed by atoms with E-state index in [0.29, 0.717) is 40.4 Å². The molecule has 182 valence electrons. The van der Waals surface area contributed by atoms with E-state index < -0.39 is 0 Å². The number of hydrogen-bond acceptors (Lipinski definition) is 6. The normalized spacial score (nSPS) is 12.6. The molecule has 3 aromatic carbocycles. The van der Waals surface area contributed by atoms with Crippen LogP contribution in [0.25, 0.3) is 22.0 Å². The number of methoxy groups -OCH3 is 2. The summed E-state index contributed by atoms with van der Waals surface area (Å²) in [7, 11) is 4.94. The molecule has 2 heterocycles. The molecule has 8 heteroatoms. The van der Waals surface area contributed by atoms with Crippen LogP contribution >= 0.6 is 0 Å². The molecule has 0 saturated carbocycles. The summed E-state index contributed by atoms with van der Waals surface area (Å²) >= 11 is 0. The predicted molar refractivity (Wildman–Crippen MR) is 138 cm³/mol. The second kappa shape index (κ2) is 8.88. The minimum atomic E-state index is -0.269. The predicted octanol–water partition coefficient (Wildman–Crippen LogP) is 4.23. The molecular weight excluding hydrogens is 456 g/mol. The summed E-state index contributed by atoms with van der Waals surface area (Å²) in [6.45, 7) is 4.39. The molecule has 1 amide bonds. The number of amides is 1. The molecule has 1 aromatic heterocycles. The Bertz CT molecular complexity index is 1550. The quantitative estimate of drug-likeness (QED) is 0.240. The number of anilines is 1. The largest absolute Gasteiger partial charge is 0.493 e. The van der Waals surface area contributed by atoms with E-state index in [4.69, 9.17) is 15.2 Å². The van der Waals surface area contributed by atoms with Crippen LogP contribution in [-0.4, -0.2) is 47.1 Å². The zero-order valence-corrected chi connectivity index (χ0v) is 20.4. The van der Waals surface area contributed by atoms with Gasteiger partial charge in [0, 0.05) is 42.3 Å². The number of ketones is 1. The number of aryl methyl sites for hydroxylation is 1. The van der Waals surface area contributed by atoms with Crippen molar-refractivity contribution in [2.75, 3.05) is 26.5 Å². The second-order valence-corrected chi connectivity index (χ2v) is 8.76. The molecule has 5 rings (SSSR count). The molecule has 1 aliphatic heterocycles. The van der Waals surface area contributed by atoms with Crippen LogP contribution in [-0.2, 0) is 13.6 Å². The Kier molecular flexibility index (Phi) is 5.72. The van der Waals surface area contributed by atoms with Crippen LogP contribution < -0.4 is 15.2 Å². The van der Waals surface area contributed by atoms with Gasteiger partial charge in [-0.3, -0.25) is 14.3 Å². The Morgan fingerprint density at radius 2 is 1.86 bits per heavy atom. The number of Topliss-reactive ketones (excluding diaryl/α,β-unsaturated/α-hetero) is 1. The summed E-state index contributed by atoms with van der Waals surface area (Å²) in [5.74, 6) is 0.488. The maximum atomic E-state index is 13.3. The molecule has 0 aliphatic carbocycles. The Morgan fingerprint density at radius 1 is 1.08 bits per heavy atom. The summed E-state index contributed by atoms with van der Waals surface area (Å²) in [4.78, 5) is 28.1. The van der Waals surface area contributed by atoms with Crippen molar-refractivity contribution in [2.24, 2.45) is 7.05 Å². The van der Waals surface area contributed by atoms with Gasteiger partial charge in [-0.05, 0) is 47.0 Å². The molecule has 0 unspecified atom stereocenters. The van der Waals surface area contributed by atoms with Crippen molar-refractivity contribution in [2.45, 2.75) is 6.54 Å². The van der Waals surface area contributed by atoms with Crippen LogP contribution in [0, 0.1) is 0 Å². The SMILES string of the molecule is C=C(CN1Cc2c(-c3ccc4cnn(C)c4c3)ccc(N)c2C1=O)C(=O)c1ccc(OC)c(OC)c1. The number of carbonyl (C=O) groups is 2. The monoisotopic (exact) mass is 482 g/mol. The van der Waals surface area contributed by atoms with Gasteiger partial charge in [-0.15, -0.1) is 0 Å². The maximum Gasteiger partial charge on any atom is 0.256 e. The molecule has 36 heavy (non-hydrogen) atoms. The molecule has 4 aromatic rings. The number of aromatic nitrogens is 2. The molecular formula is C28H26N4O4. The number of nitrogen functional groups attached to an aromatic ring is 1.